The second kappa shape index (κ2) is 11.6. The van der Waals surface area contributed by atoms with Crippen LogP contribution in [0.1, 0.15) is 17.2 Å². The number of alkyl halides is 3. The monoisotopic (exact) mass is 556 g/mol. The molecule has 0 aliphatic rings. The van der Waals surface area contributed by atoms with Gasteiger partial charge < -0.3 is 26.0 Å². The number of carboxylic acids is 1. The maximum Gasteiger partial charge on any atom is 0.429 e. The van der Waals surface area contributed by atoms with E-state index in [1.807, 2.05) is 0 Å². The Morgan fingerprint density at radius 3 is 2.27 bits per heavy atom. The van der Waals surface area contributed by atoms with Crippen LogP contribution < -0.4 is 20.9 Å². The van der Waals surface area contributed by atoms with Gasteiger partial charge in [-0.15, -0.1) is 0 Å². The Morgan fingerprint density at radius 1 is 0.975 bits per heavy atom. The van der Waals surface area contributed by atoms with Crippen molar-refractivity contribution in [2.75, 3.05) is 12.8 Å². The smallest absolute Gasteiger partial charge is 0.429 e. The van der Waals surface area contributed by atoms with E-state index >= 15 is 4.39 Å². The van der Waals surface area contributed by atoms with Crippen molar-refractivity contribution < 1.29 is 36.9 Å². The molecule has 3 aromatic carbocycles. The Morgan fingerprint density at radius 2 is 1.65 bits per heavy atom. The van der Waals surface area contributed by atoms with Gasteiger partial charge in [0.25, 0.3) is 0 Å². The number of hydrogen-bond acceptors (Lipinski definition) is 7. The summed E-state index contributed by atoms with van der Waals surface area (Å²) < 4.78 is 67.7. The van der Waals surface area contributed by atoms with Crippen molar-refractivity contribution in [2.45, 2.75) is 24.7 Å². The summed E-state index contributed by atoms with van der Waals surface area (Å²) in [7, 11) is 1.47. The van der Waals surface area contributed by atoms with E-state index in [1.54, 1.807) is 48.5 Å². The average molecular weight is 557 g/mol. The maximum absolute atomic E-state index is 15.1. The van der Waals surface area contributed by atoms with Crippen LogP contribution in [0.3, 0.4) is 0 Å². The molecular formula is C28H24F4N4O4. The van der Waals surface area contributed by atoms with Crippen molar-refractivity contribution in [1.82, 2.24) is 9.97 Å². The van der Waals surface area contributed by atoms with Crippen LogP contribution in [0.15, 0.2) is 72.8 Å². The first-order chi connectivity index (χ1) is 18.9. The molecule has 0 saturated carbocycles. The van der Waals surface area contributed by atoms with Crippen molar-refractivity contribution in [3.63, 3.8) is 0 Å². The molecule has 0 fully saturated rings. The number of nitrogen functional groups attached to an aromatic ring is 1. The zero-order valence-corrected chi connectivity index (χ0v) is 21.0. The van der Waals surface area contributed by atoms with Gasteiger partial charge in [-0.05, 0) is 41.3 Å². The minimum absolute atomic E-state index is 0.0747. The van der Waals surface area contributed by atoms with Crippen LogP contribution in [-0.2, 0) is 11.2 Å². The first-order valence-corrected chi connectivity index (χ1v) is 11.8. The highest BCUT2D eigenvalue weighted by Crippen LogP contribution is 2.39. The predicted octanol–water partition coefficient (Wildman–Crippen LogP) is 5.18. The second-order valence-corrected chi connectivity index (χ2v) is 8.80. The molecule has 0 radical (unpaired) electrons. The van der Waals surface area contributed by atoms with Crippen LogP contribution in [-0.4, -0.2) is 40.4 Å². The lowest BCUT2D eigenvalue weighted by molar-refractivity contribution is -0.199. The van der Waals surface area contributed by atoms with E-state index in [0.29, 0.717) is 28.0 Å². The highest BCUT2D eigenvalue weighted by Gasteiger charge is 2.45. The molecule has 1 unspecified atom stereocenters. The summed E-state index contributed by atoms with van der Waals surface area (Å²) in [4.78, 5) is 18.8. The van der Waals surface area contributed by atoms with Crippen molar-refractivity contribution in [3.8, 4) is 34.0 Å². The summed E-state index contributed by atoms with van der Waals surface area (Å²) in [6, 6.07) is 16.4. The average Bonchev–Trinajstić information content (AvgIpc) is 2.91. The molecule has 0 spiro atoms. The number of hydrogen-bond donors (Lipinski definition) is 3. The molecule has 5 N–H and O–H groups in total. The van der Waals surface area contributed by atoms with Gasteiger partial charge in [0.15, 0.2) is 0 Å². The number of rotatable bonds is 9. The van der Waals surface area contributed by atoms with Gasteiger partial charge in [0.2, 0.25) is 17.9 Å². The van der Waals surface area contributed by atoms with E-state index in [-0.39, 0.29) is 18.1 Å². The molecule has 1 aromatic heterocycles. The fourth-order valence-electron chi connectivity index (χ4n) is 3.95. The molecule has 0 saturated heterocycles. The first-order valence-electron chi connectivity index (χ1n) is 11.8. The topological polar surface area (TPSA) is 134 Å². The minimum atomic E-state index is -5.00. The zero-order chi connectivity index (χ0) is 29.0. The van der Waals surface area contributed by atoms with Gasteiger partial charge in [-0.3, -0.25) is 4.79 Å². The highest BCUT2D eigenvalue weighted by molar-refractivity contribution is 5.73. The van der Waals surface area contributed by atoms with Crippen molar-refractivity contribution >= 4 is 11.9 Å². The first kappa shape index (κ1) is 28.3. The van der Waals surface area contributed by atoms with E-state index in [4.69, 9.17) is 26.0 Å². The van der Waals surface area contributed by atoms with Crippen molar-refractivity contribution in [1.29, 1.82) is 0 Å². The van der Waals surface area contributed by atoms with Crippen LogP contribution in [0.5, 0.6) is 11.6 Å². The van der Waals surface area contributed by atoms with E-state index in [0.717, 1.165) is 18.2 Å². The van der Waals surface area contributed by atoms with Gasteiger partial charge in [-0.2, -0.15) is 18.2 Å². The lowest BCUT2D eigenvalue weighted by Gasteiger charge is -2.22. The molecule has 0 bridgehead atoms. The summed E-state index contributed by atoms with van der Waals surface area (Å²) in [5, 5.41) is 8.97. The fourth-order valence-corrected chi connectivity index (χ4v) is 3.95. The number of halogens is 4. The van der Waals surface area contributed by atoms with E-state index in [2.05, 4.69) is 9.97 Å². The number of aromatic nitrogens is 2. The molecule has 12 heteroatoms. The van der Waals surface area contributed by atoms with Gasteiger partial charge in [0.1, 0.15) is 17.6 Å². The van der Waals surface area contributed by atoms with E-state index < -0.39 is 41.6 Å². The molecule has 208 valence electrons. The largest absolute Gasteiger partial charge is 0.497 e. The Kier molecular flexibility index (Phi) is 8.19. The van der Waals surface area contributed by atoms with Crippen LogP contribution >= 0.6 is 0 Å². The Labute approximate surface area is 226 Å². The summed E-state index contributed by atoms with van der Waals surface area (Å²) in [6.45, 7) is 0. The number of nitrogens with zero attached hydrogens (tertiary/aromatic N) is 2. The third kappa shape index (κ3) is 6.64. The van der Waals surface area contributed by atoms with E-state index in [9.17, 15) is 18.0 Å². The SMILES string of the molecule is COc1cccc(-c2ccc(C(Oc3cc(-c4ccc(C[C@H](N)C(=O)O)cc4)nc(N)n3)C(F)(F)F)c(F)c2)c1. The van der Waals surface area contributed by atoms with Gasteiger partial charge >= 0.3 is 12.1 Å². The lowest BCUT2D eigenvalue weighted by atomic mass is 10.0. The van der Waals surface area contributed by atoms with Crippen LogP contribution in [0.25, 0.3) is 22.4 Å². The molecule has 0 aliphatic heterocycles. The summed E-state index contributed by atoms with van der Waals surface area (Å²) in [6.07, 6.45) is -7.61. The third-order valence-corrected chi connectivity index (χ3v) is 5.96. The lowest BCUT2D eigenvalue weighted by Crippen LogP contribution is -2.32. The van der Waals surface area contributed by atoms with Crippen molar-refractivity contribution in [3.05, 3.63) is 89.7 Å². The molecule has 4 aromatic rings. The zero-order valence-electron chi connectivity index (χ0n) is 21.0. The van der Waals surface area contributed by atoms with Crippen LogP contribution in [0, 0.1) is 5.82 Å². The second-order valence-electron chi connectivity index (χ2n) is 8.80. The fraction of sp³-hybridized carbons (Fsp3) is 0.179. The summed E-state index contributed by atoms with van der Waals surface area (Å²) in [5.41, 5.74) is 12.7. The summed E-state index contributed by atoms with van der Waals surface area (Å²) in [5.74, 6) is -2.65. The number of ether oxygens (including phenoxy) is 2. The Hall–Kier alpha value is -4.71. The van der Waals surface area contributed by atoms with Crippen LogP contribution in [0.4, 0.5) is 23.5 Å². The number of methoxy groups -OCH3 is 1. The molecule has 0 aliphatic carbocycles. The number of aliphatic carboxylic acids is 1. The molecule has 8 nitrogen and oxygen atoms in total. The van der Waals surface area contributed by atoms with Gasteiger partial charge in [0, 0.05) is 17.2 Å². The molecule has 2 atom stereocenters. The highest BCUT2D eigenvalue weighted by atomic mass is 19.4. The Balaban J connectivity index is 1.62. The minimum Gasteiger partial charge on any atom is -0.497 e. The summed E-state index contributed by atoms with van der Waals surface area (Å²) >= 11 is 0. The molecule has 4 rings (SSSR count). The Bertz CT molecular complexity index is 1510. The number of anilines is 1. The number of nitrogens with two attached hydrogens (primary N) is 2. The molecule has 40 heavy (non-hydrogen) atoms. The van der Waals surface area contributed by atoms with Gasteiger partial charge in [-0.25, -0.2) is 9.37 Å². The van der Waals surface area contributed by atoms with E-state index in [1.165, 1.54) is 13.2 Å². The third-order valence-electron chi connectivity index (χ3n) is 5.96. The number of carbonyl (C=O) groups is 1. The normalized spacial score (nSPS) is 12.9. The predicted molar refractivity (Wildman–Crippen MR) is 139 cm³/mol. The number of carboxylic acid groups (broad SMARTS) is 1. The van der Waals surface area contributed by atoms with Gasteiger partial charge in [0.05, 0.1) is 12.8 Å². The van der Waals surface area contributed by atoms with Gasteiger partial charge in [-0.1, -0.05) is 48.5 Å². The molecule has 1 heterocycles. The maximum atomic E-state index is 15.1. The molecule has 0 amide bonds. The number of benzene rings is 3. The van der Waals surface area contributed by atoms with Crippen molar-refractivity contribution in [2.24, 2.45) is 5.73 Å². The quantitative estimate of drug-likeness (QED) is 0.240. The standard InChI is InChI=1S/C28H24F4N4O4/c1-39-19-4-2-3-17(12-19)18-9-10-20(21(29)13-18)25(28(30,31)32)40-24-14-23(35-27(34)36-24)16-7-5-15(6-8-16)11-22(33)26(37)38/h2-10,12-14,22,25H,11,33H2,1H3,(H,37,38)(H2,34,35,36)/t22-,25?/m0/s1. The molecular weight excluding hydrogens is 532 g/mol. The van der Waals surface area contributed by atoms with Crippen LogP contribution in [0.2, 0.25) is 0 Å².